The van der Waals surface area contributed by atoms with E-state index in [0.29, 0.717) is 16.7 Å². The number of rotatable bonds is 4. The van der Waals surface area contributed by atoms with Gasteiger partial charge in [-0.3, -0.25) is 9.36 Å². The Kier molecular flexibility index (Phi) is 5.01. The number of furan rings is 2. The summed E-state index contributed by atoms with van der Waals surface area (Å²) in [5.74, 6) is -0.232. The average molecular weight is 423 g/mol. The molecule has 4 heterocycles. The topological polar surface area (TPSA) is 124 Å². The molecule has 0 saturated heterocycles. The lowest BCUT2D eigenvalue weighted by Crippen LogP contribution is -2.42. The minimum atomic E-state index is -0.863. The molecule has 1 atom stereocenters. The fourth-order valence-electron chi connectivity index (χ4n) is 3.20. The number of nitrogens with two attached hydrogens (primary N) is 1. The molecular formula is C21H17N3O5S. The standard InChI is InChI=1S/C21H17N3O5S/c1-11(2)29-21(26)19-17-13(9-12-5-3-7-27-12)16(23)14(10-22)24(17)20(25)18(30-19)15-6-4-8-28-15/h3-9,11,18H,23H2,1-2H3. The van der Waals surface area contributed by atoms with Gasteiger partial charge in [-0.05, 0) is 44.2 Å². The quantitative estimate of drug-likeness (QED) is 0.633. The maximum atomic E-state index is 13.3. The molecule has 3 aromatic heterocycles. The SMILES string of the molecule is CC(C)OC(=O)C1=c2c(=Cc3ccco3)c(N)c(C#N)n2C(=O)C(c2ccco2)S1. The molecule has 152 valence electrons. The molecule has 0 amide bonds. The monoisotopic (exact) mass is 423 g/mol. The van der Waals surface area contributed by atoms with Crippen LogP contribution in [0.4, 0.5) is 5.69 Å². The van der Waals surface area contributed by atoms with Crippen LogP contribution < -0.4 is 16.3 Å². The Balaban J connectivity index is 2.07. The minimum Gasteiger partial charge on any atom is -0.468 e. The molecule has 1 unspecified atom stereocenters. The summed E-state index contributed by atoms with van der Waals surface area (Å²) in [4.78, 5) is 26.4. The minimum absolute atomic E-state index is 0.0560. The Bertz CT molecular complexity index is 1280. The highest BCUT2D eigenvalue weighted by molar-refractivity contribution is 8.10. The summed E-state index contributed by atoms with van der Waals surface area (Å²) in [7, 11) is 0. The highest BCUT2D eigenvalue weighted by atomic mass is 32.2. The number of esters is 1. The van der Waals surface area contributed by atoms with E-state index >= 15 is 0 Å². The first kappa shape index (κ1) is 19.7. The van der Waals surface area contributed by atoms with Crippen LogP contribution in [0.2, 0.25) is 0 Å². The number of nitrogens with zero attached hydrogens (tertiary/aromatic N) is 2. The number of thioether (sulfide) groups is 1. The Morgan fingerprint density at radius 1 is 1.33 bits per heavy atom. The first-order valence-electron chi connectivity index (χ1n) is 9.07. The van der Waals surface area contributed by atoms with Crippen molar-refractivity contribution in [3.8, 4) is 6.07 Å². The van der Waals surface area contributed by atoms with Gasteiger partial charge in [0, 0.05) is 5.22 Å². The van der Waals surface area contributed by atoms with Crippen LogP contribution in [0.5, 0.6) is 0 Å². The molecule has 0 aliphatic carbocycles. The number of hydrogen-bond acceptors (Lipinski definition) is 8. The first-order valence-corrected chi connectivity index (χ1v) is 9.95. The van der Waals surface area contributed by atoms with Gasteiger partial charge in [0.1, 0.15) is 27.7 Å². The van der Waals surface area contributed by atoms with Crippen molar-refractivity contribution in [2.75, 3.05) is 5.73 Å². The molecule has 0 bridgehead atoms. The number of fused-ring (bicyclic) bond motifs is 1. The largest absolute Gasteiger partial charge is 0.468 e. The van der Waals surface area contributed by atoms with E-state index in [1.54, 1.807) is 44.2 Å². The zero-order valence-electron chi connectivity index (χ0n) is 16.1. The van der Waals surface area contributed by atoms with Crippen molar-refractivity contribution in [2.24, 2.45) is 0 Å². The van der Waals surface area contributed by atoms with Crippen LogP contribution in [0, 0.1) is 11.3 Å². The summed E-state index contributed by atoms with van der Waals surface area (Å²) < 4.78 is 17.3. The summed E-state index contributed by atoms with van der Waals surface area (Å²) in [6, 6.07) is 8.66. The number of ether oxygens (including phenoxy) is 1. The zero-order valence-corrected chi connectivity index (χ0v) is 16.9. The van der Waals surface area contributed by atoms with Crippen LogP contribution >= 0.6 is 11.8 Å². The first-order chi connectivity index (χ1) is 14.4. The number of aromatic nitrogens is 1. The number of carbonyl (C=O) groups is 2. The number of anilines is 1. The van der Waals surface area contributed by atoms with Crippen molar-refractivity contribution in [1.82, 2.24) is 4.57 Å². The van der Waals surface area contributed by atoms with Gasteiger partial charge in [0.25, 0.3) is 5.91 Å². The second-order valence-corrected chi connectivity index (χ2v) is 7.88. The average Bonchev–Trinajstić information content (AvgIpc) is 3.44. The van der Waals surface area contributed by atoms with E-state index in [2.05, 4.69) is 0 Å². The van der Waals surface area contributed by atoms with Crippen LogP contribution in [0.15, 0.2) is 45.6 Å². The van der Waals surface area contributed by atoms with Crippen LogP contribution in [-0.2, 0) is 9.53 Å². The molecule has 1 aliphatic rings. The number of carbonyl (C=O) groups excluding carboxylic acids is 2. The van der Waals surface area contributed by atoms with Gasteiger partial charge in [-0.15, -0.1) is 0 Å². The molecular weight excluding hydrogens is 406 g/mol. The molecule has 4 rings (SSSR count). The number of nitrogen functional groups attached to an aromatic ring is 1. The van der Waals surface area contributed by atoms with Crippen molar-refractivity contribution in [1.29, 1.82) is 5.26 Å². The summed E-state index contributed by atoms with van der Waals surface area (Å²) in [6.45, 7) is 3.45. The van der Waals surface area contributed by atoms with Gasteiger partial charge >= 0.3 is 5.97 Å². The van der Waals surface area contributed by atoms with Gasteiger partial charge in [-0.25, -0.2) is 4.79 Å². The van der Waals surface area contributed by atoms with Crippen molar-refractivity contribution < 1.29 is 23.2 Å². The molecule has 0 radical (unpaired) electrons. The molecule has 1 aliphatic heterocycles. The number of hydrogen-bond donors (Lipinski definition) is 1. The molecule has 3 aromatic rings. The lowest BCUT2D eigenvalue weighted by atomic mass is 10.2. The normalized spacial score (nSPS) is 16.6. The molecule has 0 saturated carbocycles. The van der Waals surface area contributed by atoms with E-state index in [1.807, 2.05) is 6.07 Å². The Morgan fingerprint density at radius 3 is 2.67 bits per heavy atom. The van der Waals surface area contributed by atoms with Crippen molar-refractivity contribution >= 4 is 40.3 Å². The summed E-state index contributed by atoms with van der Waals surface area (Å²) in [6.07, 6.45) is 4.14. The third kappa shape index (κ3) is 3.21. The predicted molar refractivity (Wildman–Crippen MR) is 109 cm³/mol. The maximum absolute atomic E-state index is 13.3. The molecule has 0 spiro atoms. The van der Waals surface area contributed by atoms with Crippen molar-refractivity contribution in [2.45, 2.75) is 25.2 Å². The smallest absolute Gasteiger partial charge is 0.347 e. The molecule has 0 fully saturated rings. The zero-order chi connectivity index (χ0) is 21.4. The second-order valence-electron chi connectivity index (χ2n) is 6.77. The third-order valence-electron chi connectivity index (χ3n) is 4.41. The maximum Gasteiger partial charge on any atom is 0.347 e. The van der Waals surface area contributed by atoms with Crippen molar-refractivity contribution in [3.63, 3.8) is 0 Å². The van der Waals surface area contributed by atoms with E-state index in [9.17, 15) is 14.9 Å². The van der Waals surface area contributed by atoms with Crippen LogP contribution in [0.3, 0.4) is 0 Å². The van der Waals surface area contributed by atoms with E-state index in [1.165, 1.54) is 17.1 Å². The fourth-order valence-corrected chi connectivity index (χ4v) is 4.35. The second kappa shape index (κ2) is 7.65. The van der Waals surface area contributed by atoms with Gasteiger partial charge < -0.3 is 19.3 Å². The lowest BCUT2D eigenvalue weighted by molar-refractivity contribution is -0.139. The summed E-state index contributed by atoms with van der Waals surface area (Å²) in [5.41, 5.74) is 6.25. The Hall–Kier alpha value is -3.64. The third-order valence-corrected chi connectivity index (χ3v) is 5.67. The molecule has 2 N–H and O–H groups in total. The molecule has 30 heavy (non-hydrogen) atoms. The Labute approximate surface area is 175 Å². The van der Waals surface area contributed by atoms with Gasteiger partial charge in [0.15, 0.2) is 5.69 Å². The van der Waals surface area contributed by atoms with E-state index in [4.69, 9.17) is 19.3 Å². The van der Waals surface area contributed by atoms with Crippen molar-refractivity contribution in [3.05, 3.63) is 64.6 Å². The predicted octanol–water partition coefficient (Wildman–Crippen LogP) is 2.14. The highest BCUT2D eigenvalue weighted by Crippen LogP contribution is 2.39. The van der Waals surface area contributed by atoms with Gasteiger partial charge in [0.2, 0.25) is 0 Å². The van der Waals surface area contributed by atoms with E-state index in [-0.39, 0.29) is 27.7 Å². The molecule has 8 nitrogen and oxygen atoms in total. The van der Waals surface area contributed by atoms with Gasteiger partial charge in [-0.1, -0.05) is 11.8 Å². The molecule has 9 heteroatoms. The van der Waals surface area contributed by atoms with Gasteiger partial charge in [0.05, 0.1) is 29.7 Å². The van der Waals surface area contributed by atoms with Crippen LogP contribution in [-0.4, -0.2) is 22.5 Å². The van der Waals surface area contributed by atoms with Crippen LogP contribution in [0.25, 0.3) is 11.0 Å². The fraction of sp³-hybridized carbons (Fsp3) is 0.190. The molecule has 0 aromatic carbocycles. The van der Waals surface area contributed by atoms with Gasteiger partial charge in [-0.2, -0.15) is 5.26 Å². The summed E-state index contributed by atoms with van der Waals surface area (Å²) >= 11 is 1.01. The summed E-state index contributed by atoms with van der Waals surface area (Å²) in [5, 5.41) is 9.41. The van der Waals surface area contributed by atoms with E-state index in [0.717, 1.165) is 11.8 Å². The van der Waals surface area contributed by atoms with E-state index < -0.39 is 17.1 Å². The highest BCUT2D eigenvalue weighted by Gasteiger charge is 2.38. The lowest BCUT2D eigenvalue weighted by Gasteiger charge is -2.21. The number of nitriles is 1. The Morgan fingerprint density at radius 2 is 2.07 bits per heavy atom. The van der Waals surface area contributed by atoms with Crippen LogP contribution in [0.1, 0.15) is 41.1 Å².